The topological polar surface area (TPSA) is 41.6 Å². The summed E-state index contributed by atoms with van der Waals surface area (Å²) in [6.45, 7) is 4.29. The van der Waals surface area contributed by atoms with E-state index in [1.165, 1.54) is 0 Å². The van der Waals surface area contributed by atoms with Gasteiger partial charge in [-0.15, -0.1) is 0 Å². The van der Waals surface area contributed by atoms with Crippen molar-refractivity contribution >= 4 is 6.41 Å². The van der Waals surface area contributed by atoms with Gasteiger partial charge in [-0.2, -0.15) is 5.06 Å². The van der Waals surface area contributed by atoms with Crippen LogP contribution in [0, 0.1) is 0 Å². The van der Waals surface area contributed by atoms with Crippen LogP contribution in [0.1, 0.15) is 6.92 Å². The van der Waals surface area contributed by atoms with Crippen LogP contribution in [0.25, 0.3) is 0 Å². The first-order chi connectivity index (χ1) is 4.86. The summed E-state index contributed by atoms with van der Waals surface area (Å²) in [5, 5.41) is 4.50. The van der Waals surface area contributed by atoms with Crippen molar-refractivity contribution in [3.05, 3.63) is 0 Å². The van der Waals surface area contributed by atoms with Crippen LogP contribution in [0.5, 0.6) is 0 Å². The number of rotatable bonds is 3. The number of hydrogen-bond donors (Lipinski definition) is 1. The second-order valence-corrected chi connectivity index (χ2v) is 2.26. The molecule has 1 heterocycles. The predicted molar refractivity (Wildman–Crippen MR) is 36.2 cm³/mol. The fraction of sp³-hybridized carbons (Fsp3) is 0.833. The first kappa shape index (κ1) is 7.50. The molecule has 1 fully saturated rings. The Morgan fingerprint density at radius 2 is 2.70 bits per heavy atom. The van der Waals surface area contributed by atoms with Crippen molar-refractivity contribution in [3.8, 4) is 0 Å². The Morgan fingerprint density at radius 1 is 1.90 bits per heavy atom. The molecule has 0 aromatic carbocycles. The quantitative estimate of drug-likeness (QED) is 0.536. The van der Waals surface area contributed by atoms with E-state index in [1.54, 1.807) is 0 Å². The number of carbonyl (C=O) groups excluding carboxylic acids is 1. The molecule has 0 bridgehead atoms. The zero-order valence-corrected chi connectivity index (χ0v) is 6.04. The average molecular weight is 144 g/mol. The highest BCUT2D eigenvalue weighted by atomic mass is 16.7. The van der Waals surface area contributed by atoms with E-state index in [2.05, 4.69) is 5.32 Å². The van der Waals surface area contributed by atoms with Gasteiger partial charge in [-0.25, -0.2) is 0 Å². The van der Waals surface area contributed by atoms with Gasteiger partial charge in [0.1, 0.15) is 0 Å². The fourth-order valence-corrected chi connectivity index (χ4v) is 0.964. The largest absolute Gasteiger partial charge is 0.352 e. The molecule has 0 saturated carbocycles. The molecular weight excluding hydrogens is 132 g/mol. The Hall–Kier alpha value is -0.610. The minimum Gasteiger partial charge on any atom is -0.352 e. The molecule has 1 N–H and O–H groups in total. The third-order valence-electron chi connectivity index (χ3n) is 1.54. The van der Waals surface area contributed by atoms with Crippen LogP contribution in [0.15, 0.2) is 0 Å². The van der Waals surface area contributed by atoms with Gasteiger partial charge in [-0.1, -0.05) is 6.92 Å². The molecule has 1 saturated heterocycles. The normalized spacial score (nSPS) is 26.7. The highest BCUT2D eigenvalue weighted by molar-refractivity contribution is 5.46. The SMILES string of the molecule is CCN1CC(NC=O)CO1. The molecule has 1 aliphatic heterocycles. The smallest absolute Gasteiger partial charge is 0.207 e. The lowest BCUT2D eigenvalue weighted by Crippen LogP contribution is -2.32. The van der Waals surface area contributed by atoms with Gasteiger partial charge < -0.3 is 5.32 Å². The maximum absolute atomic E-state index is 9.97. The minimum atomic E-state index is 0.178. The summed E-state index contributed by atoms with van der Waals surface area (Å²) in [6.07, 6.45) is 0.715. The average Bonchev–Trinajstić information content (AvgIpc) is 2.37. The predicted octanol–water partition coefficient (Wildman–Crippen LogP) is -0.632. The van der Waals surface area contributed by atoms with Crippen molar-refractivity contribution in [2.75, 3.05) is 19.7 Å². The van der Waals surface area contributed by atoms with Gasteiger partial charge in [-0.05, 0) is 0 Å². The number of likely N-dealkylation sites (N-methyl/N-ethyl adjacent to an activating group) is 1. The number of hydroxylamine groups is 2. The molecule has 58 valence electrons. The summed E-state index contributed by atoms with van der Waals surface area (Å²) in [5.74, 6) is 0. The van der Waals surface area contributed by atoms with Crippen molar-refractivity contribution in [1.82, 2.24) is 10.4 Å². The number of carbonyl (C=O) groups is 1. The van der Waals surface area contributed by atoms with Crippen LogP contribution in [-0.4, -0.2) is 37.2 Å². The molecule has 1 rings (SSSR count). The van der Waals surface area contributed by atoms with Crippen LogP contribution >= 0.6 is 0 Å². The highest BCUT2D eigenvalue weighted by Crippen LogP contribution is 2.03. The van der Waals surface area contributed by atoms with Crippen molar-refractivity contribution in [2.45, 2.75) is 13.0 Å². The van der Waals surface area contributed by atoms with Crippen molar-refractivity contribution < 1.29 is 9.63 Å². The Balaban J connectivity index is 2.21. The van der Waals surface area contributed by atoms with Gasteiger partial charge in [0.2, 0.25) is 6.41 Å². The Kier molecular flexibility index (Phi) is 2.65. The van der Waals surface area contributed by atoms with E-state index in [0.717, 1.165) is 13.1 Å². The summed E-state index contributed by atoms with van der Waals surface area (Å²) >= 11 is 0. The number of hydrogen-bond acceptors (Lipinski definition) is 3. The lowest BCUT2D eigenvalue weighted by Gasteiger charge is -2.08. The molecule has 1 atom stereocenters. The molecule has 4 nitrogen and oxygen atoms in total. The molecule has 0 aromatic rings. The van der Waals surface area contributed by atoms with Gasteiger partial charge in [0.15, 0.2) is 0 Å². The van der Waals surface area contributed by atoms with E-state index < -0.39 is 0 Å². The summed E-state index contributed by atoms with van der Waals surface area (Å²) in [7, 11) is 0. The second kappa shape index (κ2) is 3.53. The van der Waals surface area contributed by atoms with Gasteiger partial charge in [0, 0.05) is 13.1 Å². The Morgan fingerprint density at radius 3 is 3.20 bits per heavy atom. The molecule has 4 heteroatoms. The van der Waals surface area contributed by atoms with E-state index in [-0.39, 0.29) is 6.04 Å². The molecule has 0 radical (unpaired) electrons. The number of nitrogens with zero attached hydrogens (tertiary/aromatic N) is 1. The van der Waals surface area contributed by atoms with E-state index in [4.69, 9.17) is 4.84 Å². The Bertz CT molecular complexity index is 118. The molecular formula is C6H12N2O2. The fourth-order valence-electron chi connectivity index (χ4n) is 0.964. The molecule has 1 aliphatic rings. The summed E-state index contributed by atoms with van der Waals surface area (Å²) in [6, 6.07) is 0.178. The number of amides is 1. The third-order valence-corrected chi connectivity index (χ3v) is 1.54. The minimum absolute atomic E-state index is 0.178. The maximum atomic E-state index is 9.97. The second-order valence-electron chi connectivity index (χ2n) is 2.26. The zero-order chi connectivity index (χ0) is 7.40. The van der Waals surface area contributed by atoms with Crippen LogP contribution in [0.4, 0.5) is 0 Å². The van der Waals surface area contributed by atoms with Crippen molar-refractivity contribution in [3.63, 3.8) is 0 Å². The zero-order valence-electron chi connectivity index (χ0n) is 6.04. The third kappa shape index (κ3) is 1.68. The van der Waals surface area contributed by atoms with E-state index in [9.17, 15) is 4.79 Å². The monoisotopic (exact) mass is 144 g/mol. The summed E-state index contributed by atoms with van der Waals surface area (Å²) < 4.78 is 0. The molecule has 1 unspecified atom stereocenters. The lowest BCUT2D eigenvalue weighted by atomic mass is 10.3. The molecule has 1 amide bonds. The van der Waals surface area contributed by atoms with Gasteiger partial charge >= 0.3 is 0 Å². The van der Waals surface area contributed by atoms with Crippen molar-refractivity contribution in [2.24, 2.45) is 0 Å². The van der Waals surface area contributed by atoms with Crippen molar-refractivity contribution in [1.29, 1.82) is 0 Å². The van der Waals surface area contributed by atoms with Gasteiger partial charge in [0.25, 0.3) is 0 Å². The first-order valence-electron chi connectivity index (χ1n) is 3.44. The van der Waals surface area contributed by atoms with Crippen LogP contribution in [-0.2, 0) is 9.63 Å². The molecule has 0 aromatic heterocycles. The molecule has 0 spiro atoms. The van der Waals surface area contributed by atoms with E-state index in [0.29, 0.717) is 13.0 Å². The van der Waals surface area contributed by atoms with Crippen LogP contribution in [0.2, 0.25) is 0 Å². The van der Waals surface area contributed by atoms with Crippen LogP contribution < -0.4 is 5.32 Å². The molecule has 10 heavy (non-hydrogen) atoms. The van der Waals surface area contributed by atoms with Crippen LogP contribution in [0.3, 0.4) is 0 Å². The highest BCUT2D eigenvalue weighted by Gasteiger charge is 2.20. The summed E-state index contributed by atoms with van der Waals surface area (Å²) in [4.78, 5) is 15.1. The van der Waals surface area contributed by atoms with Gasteiger partial charge in [0.05, 0.1) is 12.6 Å². The summed E-state index contributed by atoms with van der Waals surface area (Å²) in [5.41, 5.74) is 0. The van der Waals surface area contributed by atoms with E-state index in [1.807, 2.05) is 12.0 Å². The molecule has 0 aliphatic carbocycles. The van der Waals surface area contributed by atoms with Gasteiger partial charge in [-0.3, -0.25) is 9.63 Å². The Labute approximate surface area is 60.1 Å². The lowest BCUT2D eigenvalue weighted by molar-refractivity contribution is -0.110. The first-order valence-corrected chi connectivity index (χ1v) is 3.44. The maximum Gasteiger partial charge on any atom is 0.207 e. The standard InChI is InChI=1S/C6H12N2O2/c1-2-8-3-6(4-10-8)7-5-9/h5-6H,2-4H2,1H3,(H,7,9). The number of nitrogens with one attached hydrogen (secondary N) is 1. The van der Waals surface area contributed by atoms with E-state index >= 15 is 0 Å².